The maximum absolute atomic E-state index is 11.4. The fraction of sp³-hybridized carbons (Fsp3) is 0.538. The molecule has 0 aromatic carbocycles. The van der Waals surface area contributed by atoms with Crippen LogP contribution in [0.5, 0.6) is 0 Å². The smallest absolute Gasteiger partial charge is 0.289 e. The molecule has 5 heteroatoms. The molecule has 5 nitrogen and oxygen atoms in total. The van der Waals surface area contributed by atoms with Gasteiger partial charge in [0.2, 0.25) is 5.78 Å². The summed E-state index contributed by atoms with van der Waals surface area (Å²) in [6.07, 6.45) is 2.80. The van der Waals surface area contributed by atoms with Crippen molar-refractivity contribution in [3.63, 3.8) is 0 Å². The van der Waals surface area contributed by atoms with Gasteiger partial charge in [-0.05, 0) is 18.6 Å². The number of rotatable bonds is 6. The Morgan fingerprint density at radius 3 is 2.67 bits per heavy atom. The molecule has 0 saturated carbocycles. The Bertz CT molecular complexity index is 357. The maximum Gasteiger partial charge on any atom is 0.289 e. The van der Waals surface area contributed by atoms with Crippen molar-refractivity contribution >= 4 is 11.7 Å². The van der Waals surface area contributed by atoms with E-state index in [0.29, 0.717) is 12.2 Å². The molecule has 106 valence electrons. The average Bonchev–Trinajstić information content (AvgIpc) is 2.91. The molecule has 1 atom stereocenters. The average molecular weight is 258 g/mol. The molecule has 1 rings (SSSR count). The minimum absolute atomic E-state index is 0. The zero-order valence-electron chi connectivity index (χ0n) is 11.2. The fourth-order valence-corrected chi connectivity index (χ4v) is 1.28. The standard InChI is InChI=1S/C11H16N2O3.C2H6.2H2/c1-2-4-9(12)10(14)11(15)13-7-8-5-3-6-16-8;1-2;;/h3,5-6,9H,2,4,7,12H2,1H3,(H,13,15);1-2H3;2*1H. The normalized spacial score (nSPS) is 11.1. The number of furan rings is 1. The number of nitrogens with one attached hydrogen (secondary N) is 1. The van der Waals surface area contributed by atoms with Gasteiger partial charge in [-0.3, -0.25) is 9.59 Å². The summed E-state index contributed by atoms with van der Waals surface area (Å²) in [6, 6.07) is 2.73. The second-order valence-corrected chi connectivity index (χ2v) is 3.52. The fourth-order valence-electron chi connectivity index (χ4n) is 1.28. The lowest BCUT2D eigenvalue weighted by Gasteiger charge is -2.08. The summed E-state index contributed by atoms with van der Waals surface area (Å²) in [7, 11) is 0. The Hall–Kier alpha value is -1.62. The molecule has 0 bridgehead atoms. The molecule has 0 fully saturated rings. The number of nitrogens with two attached hydrogens (primary N) is 1. The van der Waals surface area contributed by atoms with E-state index in [4.69, 9.17) is 10.2 Å². The Balaban J connectivity index is -0.000000689. The molecule has 18 heavy (non-hydrogen) atoms. The molecule has 0 saturated heterocycles. The van der Waals surface area contributed by atoms with E-state index in [9.17, 15) is 9.59 Å². The molecule has 1 unspecified atom stereocenters. The molecule has 1 heterocycles. The van der Waals surface area contributed by atoms with E-state index in [1.54, 1.807) is 12.1 Å². The first-order valence-electron chi connectivity index (χ1n) is 6.25. The lowest BCUT2D eigenvalue weighted by Crippen LogP contribution is -2.42. The molecule has 0 aliphatic heterocycles. The van der Waals surface area contributed by atoms with Gasteiger partial charge in [0, 0.05) is 2.85 Å². The molecule has 1 amide bonds. The van der Waals surface area contributed by atoms with Gasteiger partial charge in [0.05, 0.1) is 18.8 Å². The van der Waals surface area contributed by atoms with Crippen LogP contribution in [-0.4, -0.2) is 17.7 Å². The van der Waals surface area contributed by atoms with Crippen molar-refractivity contribution in [3.05, 3.63) is 24.2 Å². The van der Waals surface area contributed by atoms with Gasteiger partial charge in [0.1, 0.15) is 5.76 Å². The van der Waals surface area contributed by atoms with Crippen LogP contribution in [0.25, 0.3) is 0 Å². The first kappa shape index (κ1) is 16.4. The van der Waals surface area contributed by atoms with Crippen molar-refractivity contribution in [3.8, 4) is 0 Å². The first-order valence-corrected chi connectivity index (χ1v) is 6.25. The number of carbonyl (C=O) groups excluding carboxylic acids is 2. The molecule has 0 aliphatic rings. The molecule has 0 spiro atoms. The summed E-state index contributed by atoms with van der Waals surface area (Å²) in [4.78, 5) is 22.8. The van der Waals surface area contributed by atoms with E-state index >= 15 is 0 Å². The minimum Gasteiger partial charge on any atom is -0.467 e. The van der Waals surface area contributed by atoms with Gasteiger partial charge in [-0.25, -0.2) is 0 Å². The number of Topliss-reactive ketones (excluding diaryl/α,β-unsaturated/α-hetero) is 1. The van der Waals surface area contributed by atoms with Gasteiger partial charge >= 0.3 is 0 Å². The second kappa shape index (κ2) is 9.41. The first-order chi connectivity index (χ1) is 8.65. The van der Waals surface area contributed by atoms with Crippen molar-refractivity contribution in [2.45, 2.75) is 46.2 Å². The number of carbonyl (C=O) groups is 2. The third-order valence-corrected chi connectivity index (χ3v) is 2.16. The number of amides is 1. The van der Waals surface area contributed by atoms with Crippen LogP contribution in [0, 0.1) is 0 Å². The van der Waals surface area contributed by atoms with Crippen LogP contribution in [-0.2, 0) is 16.1 Å². The van der Waals surface area contributed by atoms with Crippen molar-refractivity contribution in [1.82, 2.24) is 5.32 Å². The largest absolute Gasteiger partial charge is 0.467 e. The lowest BCUT2D eigenvalue weighted by atomic mass is 10.1. The van der Waals surface area contributed by atoms with E-state index in [2.05, 4.69) is 5.32 Å². The summed E-state index contributed by atoms with van der Waals surface area (Å²) in [6.45, 7) is 6.12. The number of ketones is 1. The van der Waals surface area contributed by atoms with Gasteiger partial charge in [-0.2, -0.15) is 0 Å². The molecular weight excluding hydrogens is 232 g/mol. The second-order valence-electron chi connectivity index (χ2n) is 3.52. The monoisotopic (exact) mass is 258 g/mol. The SMILES string of the molecule is CC.CCCC(N)C(=O)C(=O)NCc1ccco1.[HH].[HH]. The van der Waals surface area contributed by atoms with Crippen LogP contribution < -0.4 is 11.1 Å². The zero-order valence-corrected chi connectivity index (χ0v) is 11.2. The predicted octanol–water partition coefficient (Wildman–Crippen LogP) is 2.11. The Kier molecular flexibility index (Phi) is 8.57. The quantitative estimate of drug-likeness (QED) is 0.765. The molecule has 3 N–H and O–H groups in total. The topological polar surface area (TPSA) is 85.3 Å². The summed E-state index contributed by atoms with van der Waals surface area (Å²) in [5, 5.41) is 2.46. The van der Waals surface area contributed by atoms with Crippen LogP contribution in [0.2, 0.25) is 0 Å². The van der Waals surface area contributed by atoms with Crippen LogP contribution in [0.3, 0.4) is 0 Å². The molecule has 0 aliphatic carbocycles. The van der Waals surface area contributed by atoms with E-state index in [-0.39, 0.29) is 9.40 Å². The highest BCUT2D eigenvalue weighted by Gasteiger charge is 2.20. The van der Waals surface area contributed by atoms with Crippen molar-refractivity contribution < 1.29 is 16.9 Å². The van der Waals surface area contributed by atoms with E-state index in [1.165, 1.54) is 6.26 Å². The lowest BCUT2D eigenvalue weighted by molar-refractivity contribution is -0.138. The third kappa shape index (κ3) is 5.63. The predicted molar refractivity (Wildman–Crippen MR) is 74.0 cm³/mol. The van der Waals surface area contributed by atoms with Crippen LogP contribution in [0.1, 0.15) is 42.2 Å². The summed E-state index contributed by atoms with van der Waals surface area (Å²) >= 11 is 0. The Labute approximate surface area is 111 Å². The summed E-state index contributed by atoms with van der Waals surface area (Å²) < 4.78 is 5.01. The zero-order chi connectivity index (χ0) is 14.0. The van der Waals surface area contributed by atoms with Gasteiger partial charge in [-0.15, -0.1) is 0 Å². The van der Waals surface area contributed by atoms with E-state index < -0.39 is 17.7 Å². The molecule has 1 aromatic rings. The van der Waals surface area contributed by atoms with Crippen LogP contribution in [0.4, 0.5) is 0 Å². The highest BCUT2D eigenvalue weighted by molar-refractivity contribution is 6.38. The Morgan fingerprint density at radius 2 is 2.17 bits per heavy atom. The minimum atomic E-state index is -0.707. The van der Waals surface area contributed by atoms with Crippen molar-refractivity contribution in [1.29, 1.82) is 0 Å². The van der Waals surface area contributed by atoms with Crippen LogP contribution in [0.15, 0.2) is 22.8 Å². The number of hydrogen-bond donors (Lipinski definition) is 2. The summed E-state index contributed by atoms with van der Waals surface area (Å²) in [5.74, 6) is -0.629. The van der Waals surface area contributed by atoms with Crippen LogP contribution >= 0.6 is 0 Å². The van der Waals surface area contributed by atoms with Gasteiger partial charge in [-0.1, -0.05) is 27.2 Å². The molecular formula is C13H26N2O3. The molecule has 0 radical (unpaired) electrons. The van der Waals surface area contributed by atoms with Gasteiger partial charge < -0.3 is 15.5 Å². The van der Waals surface area contributed by atoms with Crippen molar-refractivity contribution in [2.24, 2.45) is 5.73 Å². The van der Waals surface area contributed by atoms with Crippen molar-refractivity contribution in [2.75, 3.05) is 0 Å². The van der Waals surface area contributed by atoms with E-state index in [0.717, 1.165) is 6.42 Å². The number of hydrogen-bond acceptors (Lipinski definition) is 4. The van der Waals surface area contributed by atoms with E-state index in [1.807, 2.05) is 20.8 Å². The van der Waals surface area contributed by atoms with Gasteiger partial charge in [0.15, 0.2) is 0 Å². The Morgan fingerprint density at radius 1 is 1.50 bits per heavy atom. The third-order valence-electron chi connectivity index (χ3n) is 2.16. The molecule has 1 aromatic heterocycles. The highest BCUT2D eigenvalue weighted by Crippen LogP contribution is 1.99. The van der Waals surface area contributed by atoms with Gasteiger partial charge in [0.25, 0.3) is 5.91 Å². The maximum atomic E-state index is 11.4. The summed E-state index contributed by atoms with van der Waals surface area (Å²) in [5.41, 5.74) is 5.54. The highest BCUT2D eigenvalue weighted by atomic mass is 16.3.